The lowest BCUT2D eigenvalue weighted by Gasteiger charge is -2.31. The Morgan fingerprint density at radius 2 is 1.62 bits per heavy atom. The number of benzene rings is 2. The molecule has 0 spiro atoms. The third-order valence-corrected chi connectivity index (χ3v) is 4.84. The van der Waals surface area contributed by atoms with Crippen LogP contribution in [0.2, 0.25) is 0 Å². The third kappa shape index (κ3) is 3.59. The van der Waals surface area contributed by atoms with Crippen molar-refractivity contribution >= 4 is 40.1 Å². The van der Waals surface area contributed by atoms with E-state index in [4.69, 9.17) is 0 Å². The zero-order valence-electron chi connectivity index (χ0n) is 13.1. The number of Topliss-reactive ketones (excluding diaryl/α,β-unsaturated/α-hetero) is 1. The molecule has 4 nitrogen and oxygen atoms in total. The van der Waals surface area contributed by atoms with Gasteiger partial charge in [-0.2, -0.15) is 13.2 Å². The quantitative estimate of drug-likeness (QED) is 0.659. The standard InChI is InChI=1S/C18H12F3IN2O2/c19-18(20,21)16(25)13-14(10-6-2-1-3-7-10)23-17(26)24-15(13)11-8-4-5-9-12(11)22/h1-9,15H,(H2,23,24,26). The van der Waals surface area contributed by atoms with Gasteiger partial charge in [0.25, 0.3) is 5.78 Å². The summed E-state index contributed by atoms with van der Waals surface area (Å²) in [5.41, 5.74) is 0.0728. The van der Waals surface area contributed by atoms with E-state index in [0.29, 0.717) is 14.7 Å². The summed E-state index contributed by atoms with van der Waals surface area (Å²) in [6.07, 6.45) is -5.07. The Labute approximate surface area is 160 Å². The van der Waals surface area contributed by atoms with Gasteiger partial charge >= 0.3 is 12.2 Å². The van der Waals surface area contributed by atoms with Crippen LogP contribution in [0.15, 0.2) is 60.2 Å². The second-order valence-electron chi connectivity index (χ2n) is 5.53. The molecule has 1 atom stereocenters. The molecule has 0 saturated carbocycles. The highest BCUT2D eigenvalue weighted by atomic mass is 127. The van der Waals surface area contributed by atoms with Crippen molar-refractivity contribution in [1.82, 2.24) is 10.6 Å². The Morgan fingerprint density at radius 1 is 1.00 bits per heavy atom. The van der Waals surface area contributed by atoms with Crippen LogP contribution >= 0.6 is 22.6 Å². The summed E-state index contributed by atoms with van der Waals surface area (Å²) in [4.78, 5) is 24.3. The Kier molecular flexibility index (Phi) is 5.03. The Morgan fingerprint density at radius 3 is 2.23 bits per heavy atom. The predicted molar refractivity (Wildman–Crippen MR) is 98.0 cm³/mol. The number of hydrogen-bond donors (Lipinski definition) is 2. The van der Waals surface area contributed by atoms with Crippen LogP contribution in [0.25, 0.3) is 5.70 Å². The molecule has 134 valence electrons. The molecular formula is C18H12F3IN2O2. The summed E-state index contributed by atoms with van der Waals surface area (Å²) in [5, 5.41) is 4.80. The van der Waals surface area contributed by atoms with Gasteiger partial charge in [-0.25, -0.2) is 4.79 Å². The molecule has 0 saturated heterocycles. The van der Waals surface area contributed by atoms with E-state index >= 15 is 0 Å². The van der Waals surface area contributed by atoms with Gasteiger partial charge in [0, 0.05) is 3.57 Å². The molecule has 3 rings (SSSR count). The van der Waals surface area contributed by atoms with Gasteiger partial charge in [0.2, 0.25) is 0 Å². The molecule has 26 heavy (non-hydrogen) atoms. The average molecular weight is 472 g/mol. The van der Waals surface area contributed by atoms with Crippen LogP contribution in [-0.4, -0.2) is 18.0 Å². The lowest BCUT2D eigenvalue weighted by atomic mass is 9.89. The monoisotopic (exact) mass is 472 g/mol. The molecule has 2 aromatic carbocycles. The Balaban J connectivity index is 2.27. The molecule has 2 N–H and O–H groups in total. The second-order valence-corrected chi connectivity index (χ2v) is 6.70. The zero-order chi connectivity index (χ0) is 18.9. The molecule has 2 amide bonds. The van der Waals surface area contributed by atoms with Crippen molar-refractivity contribution in [3.63, 3.8) is 0 Å². The number of carbonyl (C=O) groups excluding carboxylic acids is 2. The number of urea groups is 1. The Hall–Kier alpha value is -2.36. The summed E-state index contributed by atoms with van der Waals surface area (Å²) in [6.45, 7) is 0. The van der Waals surface area contributed by atoms with Gasteiger partial charge in [-0.3, -0.25) is 4.79 Å². The van der Waals surface area contributed by atoms with Crippen LogP contribution in [0.5, 0.6) is 0 Å². The van der Waals surface area contributed by atoms with Crippen molar-refractivity contribution in [1.29, 1.82) is 0 Å². The van der Waals surface area contributed by atoms with Crippen molar-refractivity contribution in [2.45, 2.75) is 12.2 Å². The summed E-state index contributed by atoms with van der Waals surface area (Å²) >= 11 is 1.96. The normalized spacial score (nSPS) is 17.5. The molecule has 1 unspecified atom stereocenters. The highest BCUT2D eigenvalue weighted by Gasteiger charge is 2.46. The molecule has 1 heterocycles. The predicted octanol–water partition coefficient (Wildman–Crippen LogP) is 4.19. The van der Waals surface area contributed by atoms with Gasteiger partial charge in [0.1, 0.15) is 0 Å². The van der Waals surface area contributed by atoms with Crippen LogP contribution < -0.4 is 10.6 Å². The first-order valence-electron chi connectivity index (χ1n) is 7.52. The first-order chi connectivity index (χ1) is 12.3. The van der Waals surface area contributed by atoms with E-state index in [1.54, 1.807) is 42.5 Å². The topological polar surface area (TPSA) is 58.2 Å². The zero-order valence-corrected chi connectivity index (χ0v) is 15.3. The van der Waals surface area contributed by atoms with Crippen LogP contribution in [0.3, 0.4) is 0 Å². The molecule has 2 aromatic rings. The minimum absolute atomic E-state index is 0.138. The fourth-order valence-electron chi connectivity index (χ4n) is 2.74. The first-order valence-corrected chi connectivity index (χ1v) is 8.60. The van der Waals surface area contributed by atoms with Gasteiger partial charge in [-0.15, -0.1) is 0 Å². The number of carbonyl (C=O) groups is 2. The maximum absolute atomic E-state index is 13.3. The van der Waals surface area contributed by atoms with Gasteiger partial charge in [0.05, 0.1) is 17.3 Å². The Bertz CT molecular complexity index is 895. The molecule has 1 aliphatic rings. The van der Waals surface area contributed by atoms with E-state index in [1.807, 2.05) is 22.6 Å². The molecule has 0 aliphatic carbocycles. The van der Waals surface area contributed by atoms with Crippen molar-refractivity contribution in [2.75, 3.05) is 0 Å². The number of nitrogens with one attached hydrogen (secondary N) is 2. The van der Waals surface area contributed by atoms with Gasteiger partial charge in [-0.1, -0.05) is 48.5 Å². The maximum Gasteiger partial charge on any atom is 0.454 e. The first kappa shape index (κ1) is 18.4. The second kappa shape index (κ2) is 7.10. The van der Waals surface area contributed by atoms with Crippen LogP contribution in [0, 0.1) is 3.57 Å². The van der Waals surface area contributed by atoms with E-state index in [1.165, 1.54) is 12.1 Å². The summed E-state index contributed by atoms with van der Waals surface area (Å²) in [6, 6.07) is 12.8. The number of amides is 2. The number of alkyl halides is 3. The number of hydrogen-bond acceptors (Lipinski definition) is 2. The summed E-state index contributed by atoms with van der Waals surface area (Å²) in [7, 11) is 0. The summed E-state index contributed by atoms with van der Waals surface area (Å²) in [5.74, 6) is -1.99. The SMILES string of the molecule is O=C1NC(c2ccccc2)=C(C(=O)C(F)(F)F)C(c2ccccc2I)N1. The van der Waals surface area contributed by atoms with E-state index in [0.717, 1.165) is 0 Å². The van der Waals surface area contributed by atoms with E-state index in [9.17, 15) is 22.8 Å². The fourth-order valence-corrected chi connectivity index (χ4v) is 3.44. The third-order valence-electron chi connectivity index (χ3n) is 3.85. The van der Waals surface area contributed by atoms with Crippen molar-refractivity contribution in [2.24, 2.45) is 0 Å². The number of rotatable bonds is 3. The van der Waals surface area contributed by atoms with Gasteiger partial charge in [-0.05, 0) is 39.8 Å². The lowest BCUT2D eigenvalue weighted by Crippen LogP contribution is -2.47. The summed E-state index contributed by atoms with van der Waals surface area (Å²) < 4.78 is 40.5. The van der Waals surface area contributed by atoms with Gasteiger partial charge < -0.3 is 10.6 Å². The number of ketones is 1. The minimum Gasteiger partial charge on any atom is -0.327 e. The minimum atomic E-state index is -5.07. The van der Waals surface area contributed by atoms with Crippen LogP contribution in [0.1, 0.15) is 17.2 Å². The lowest BCUT2D eigenvalue weighted by molar-refractivity contribution is -0.166. The molecule has 8 heteroatoms. The average Bonchev–Trinajstić information content (AvgIpc) is 2.61. The van der Waals surface area contributed by atoms with Crippen LogP contribution in [0.4, 0.5) is 18.0 Å². The molecule has 0 fully saturated rings. The molecular weight excluding hydrogens is 460 g/mol. The van der Waals surface area contributed by atoms with E-state index < -0.39 is 29.6 Å². The smallest absolute Gasteiger partial charge is 0.327 e. The highest BCUT2D eigenvalue weighted by Crippen LogP contribution is 2.37. The van der Waals surface area contributed by atoms with Crippen LogP contribution in [-0.2, 0) is 4.79 Å². The highest BCUT2D eigenvalue weighted by molar-refractivity contribution is 14.1. The van der Waals surface area contributed by atoms with Crippen molar-refractivity contribution in [3.8, 4) is 0 Å². The fraction of sp³-hybridized carbons (Fsp3) is 0.111. The number of halogens is 4. The largest absolute Gasteiger partial charge is 0.454 e. The van der Waals surface area contributed by atoms with E-state index in [2.05, 4.69) is 10.6 Å². The van der Waals surface area contributed by atoms with Gasteiger partial charge in [0.15, 0.2) is 0 Å². The molecule has 0 radical (unpaired) electrons. The van der Waals surface area contributed by atoms with Crippen molar-refractivity contribution < 1.29 is 22.8 Å². The molecule has 0 bridgehead atoms. The van der Waals surface area contributed by atoms with Crippen molar-refractivity contribution in [3.05, 3.63) is 74.9 Å². The molecule has 0 aromatic heterocycles. The van der Waals surface area contributed by atoms with E-state index in [-0.39, 0.29) is 5.70 Å². The molecule has 1 aliphatic heterocycles. The maximum atomic E-state index is 13.3.